The summed E-state index contributed by atoms with van der Waals surface area (Å²) in [6.07, 6.45) is 6.55. The fraction of sp³-hybridized carbons (Fsp3) is 0.941. The third kappa shape index (κ3) is 5.14. The second-order valence-corrected chi connectivity index (χ2v) is 8.57. The lowest BCUT2D eigenvalue weighted by Crippen LogP contribution is -2.58. The average molecular weight is 467 g/mol. The van der Waals surface area contributed by atoms with Crippen molar-refractivity contribution < 1.29 is 0 Å². The van der Waals surface area contributed by atoms with Crippen molar-refractivity contribution >= 4 is 41.7 Å². The molecule has 7 heteroatoms. The van der Waals surface area contributed by atoms with Crippen molar-refractivity contribution in [3.63, 3.8) is 0 Å². The molecule has 0 spiro atoms. The van der Waals surface area contributed by atoms with Crippen molar-refractivity contribution in [2.75, 3.05) is 64.4 Å². The lowest BCUT2D eigenvalue weighted by atomic mass is 9.84. The summed E-state index contributed by atoms with van der Waals surface area (Å²) in [7, 11) is 2.24. The summed E-state index contributed by atoms with van der Waals surface area (Å²) < 4.78 is 0. The monoisotopic (exact) mass is 467 g/mol. The summed E-state index contributed by atoms with van der Waals surface area (Å²) in [4.78, 5) is 12.4. The molecule has 3 aliphatic heterocycles. The fourth-order valence-electron chi connectivity index (χ4n) is 4.10. The Bertz CT molecular complexity index is 400. The molecule has 24 heavy (non-hydrogen) atoms. The maximum Gasteiger partial charge on any atom is 0.191 e. The van der Waals surface area contributed by atoms with Gasteiger partial charge >= 0.3 is 0 Å². The summed E-state index contributed by atoms with van der Waals surface area (Å²) in [6, 6.07) is 0. The van der Waals surface area contributed by atoms with Crippen LogP contribution in [0.15, 0.2) is 4.99 Å². The number of guanidine groups is 1. The van der Waals surface area contributed by atoms with Crippen molar-refractivity contribution in [3.8, 4) is 0 Å². The molecule has 0 aromatic heterocycles. The number of thioether (sulfide) groups is 1. The molecule has 140 valence electrons. The summed E-state index contributed by atoms with van der Waals surface area (Å²) in [5, 5.41) is 0. The molecule has 0 aromatic rings. The van der Waals surface area contributed by atoms with E-state index in [1.165, 1.54) is 69.8 Å². The smallest absolute Gasteiger partial charge is 0.191 e. The highest BCUT2D eigenvalue weighted by Crippen LogP contribution is 2.31. The molecular formula is C17H34IN5S. The predicted octanol–water partition coefficient (Wildman–Crippen LogP) is 1.92. The third-order valence-corrected chi connectivity index (χ3v) is 6.76. The van der Waals surface area contributed by atoms with Crippen LogP contribution < -0.4 is 5.73 Å². The van der Waals surface area contributed by atoms with Crippen LogP contribution >= 0.6 is 35.7 Å². The number of rotatable bonds is 3. The number of halogens is 1. The molecule has 0 aliphatic carbocycles. The van der Waals surface area contributed by atoms with Crippen LogP contribution in [0.1, 0.15) is 32.1 Å². The largest absolute Gasteiger partial charge is 0.370 e. The minimum atomic E-state index is 0. The lowest BCUT2D eigenvalue weighted by molar-refractivity contribution is 0.0207. The summed E-state index contributed by atoms with van der Waals surface area (Å²) >= 11 is 2.02. The Hall–Kier alpha value is 0.270. The van der Waals surface area contributed by atoms with Crippen LogP contribution in [0.25, 0.3) is 0 Å². The first kappa shape index (κ1) is 20.6. The van der Waals surface area contributed by atoms with Gasteiger partial charge < -0.3 is 15.5 Å². The van der Waals surface area contributed by atoms with Gasteiger partial charge in [-0.25, -0.2) is 0 Å². The van der Waals surface area contributed by atoms with Crippen molar-refractivity contribution in [1.29, 1.82) is 0 Å². The number of nitrogens with zero attached hydrogens (tertiary/aromatic N) is 4. The average Bonchev–Trinajstić information content (AvgIpc) is 2.63. The second-order valence-electron chi connectivity index (χ2n) is 7.35. The lowest BCUT2D eigenvalue weighted by Gasteiger charge is -2.49. The molecule has 0 radical (unpaired) electrons. The molecule has 3 fully saturated rings. The van der Waals surface area contributed by atoms with Crippen molar-refractivity contribution in [2.24, 2.45) is 10.7 Å². The number of aliphatic imine (C=N–C) groups is 1. The fourth-order valence-corrected chi connectivity index (χ4v) is 5.00. The SMILES string of the molecule is CN1CCC(CN=C(N)N2CCSCC2)(N2CCCCC2)CC1.I. The zero-order valence-electron chi connectivity index (χ0n) is 15.1. The van der Waals surface area contributed by atoms with E-state index >= 15 is 0 Å². The van der Waals surface area contributed by atoms with Gasteiger partial charge in [-0.15, -0.1) is 24.0 Å². The standard InChI is InChI=1S/C17H33N5S.HI/c1-20-9-5-17(6-10-20,22-7-3-2-4-8-22)15-19-16(18)21-11-13-23-14-12-21;/h2-15H2,1H3,(H2,18,19);1H. The van der Waals surface area contributed by atoms with E-state index in [0.29, 0.717) is 0 Å². The molecular weight excluding hydrogens is 433 g/mol. The van der Waals surface area contributed by atoms with Crippen LogP contribution in [0, 0.1) is 0 Å². The van der Waals surface area contributed by atoms with Crippen molar-refractivity contribution in [2.45, 2.75) is 37.6 Å². The zero-order chi connectivity index (χ0) is 16.1. The Balaban J connectivity index is 0.00000208. The number of hydrogen-bond donors (Lipinski definition) is 1. The van der Waals surface area contributed by atoms with E-state index in [-0.39, 0.29) is 29.5 Å². The molecule has 3 saturated heterocycles. The minimum Gasteiger partial charge on any atom is -0.370 e. The van der Waals surface area contributed by atoms with Crippen molar-refractivity contribution in [3.05, 3.63) is 0 Å². The first-order valence-corrected chi connectivity index (χ1v) is 10.4. The molecule has 3 aliphatic rings. The normalized spacial score (nSPS) is 26.9. The third-order valence-electron chi connectivity index (χ3n) is 5.82. The molecule has 2 N–H and O–H groups in total. The van der Waals surface area contributed by atoms with Gasteiger partial charge in [0, 0.05) is 30.1 Å². The van der Waals surface area contributed by atoms with E-state index in [1.807, 2.05) is 11.8 Å². The van der Waals surface area contributed by atoms with Crippen LogP contribution in [-0.4, -0.2) is 90.6 Å². The first-order valence-electron chi connectivity index (χ1n) is 9.26. The van der Waals surface area contributed by atoms with Gasteiger partial charge in [-0.05, 0) is 58.9 Å². The molecule has 5 nitrogen and oxygen atoms in total. The summed E-state index contributed by atoms with van der Waals surface area (Å²) in [5.41, 5.74) is 6.57. The van der Waals surface area contributed by atoms with E-state index in [2.05, 4.69) is 21.7 Å². The Kier molecular flexibility index (Phi) is 8.43. The second kappa shape index (κ2) is 9.83. The zero-order valence-corrected chi connectivity index (χ0v) is 18.2. The molecule has 3 heterocycles. The number of piperidine rings is 2. The number of nitrogens with two attached hydrogens (primary N) is 1. The van der Waals surface area contributed by atoms with Gasteiger partial charge in [0.05, 0.1) is 6.54 Å². The molecule has 0 bridgehead atoms. The molecule has 0 aromatic carbocycles. The predicted molar refractivity (Wildman–Crippen MR) is 116 cm³/mol. The van der Waals surface area contributed by atoms with Gasteiger partial charge in [0.15, 0.2) is 5.96 Å². The molecule has 0 saturated carbocycles. The summed E-state index contributed by atoms with van der Waals surface area (Å²) in [5.74, 6) is 3.14. The molecule has 0 amide bonds. The highest BCUT2D eigenvalue weighted by atomic mass is 127. The van der Waals surface area contributed by atoms with E-state index < -0.39 is 0 Å². The van der Waals surface area contributed by atoms with Crippen LogP contribution in [-0.2, 0) is 0 Å². The highest BCUT2D eigenvalue weighted by molar-refractivity contribution is 14.0. The first-order chi connectivity index (χ1) is 11.2. The van der Waals surface area contributed by atoms with Gasteiger partial charge in [-0.1, -0.05) is 6.42 Å². The Morgan fingerprint density at radius 1 is 1.00 bits per heavy atom. The van der Waals surface area contributed by atoms with Gasteiger partial charge in [-0.2, -0.15) is 11.8 Å². The molecule has 0 atom stereocenters. The Morgan fingerprint density at radius 3 is 2.25 bits per heavy atom. The summed E-state index contributed by atoms with van der Waals surface area (Å²) in [6.45, 7) is 7.87. The molecule has 0 unspecified atom stereocenters. The minimum absolute atomic E-state index is 0. The van der Waals surface area contributed by atoms with Crippen LogP contribution in [0.2, 0.25) is 0 Å². The highest BCUT2D eigenvalue weighted by Gasteiger charge is 2.39. The van der Waals surface area contributed by atoms with E-state index in [4.69, 9.17) is 10.7 Å². The Labute approximate surface area is 168 Å². The maximum absolute atomic E-state index is 6.32. The van der Waals surface area contributed by atoms with Crippen LogP contribution in [0.5, 0.6) is 0 Å². The Morgan fingerprint density at radius 2 is 1.62 bits per heavy atom. The van der Waals surface area contributed by atoms with E-state index in [9.17, 15) is 0 Å². The van der Waals surface area contributed by atoms with Crippen molar-refractivity contribution in [1.82, 2.24) is 14.7 Å². The topological polar surface area (TPSA) is 48.1 Å². The quantitative estimate of drug-likeness (QED) is 0.391. The van der Waals surface area contributed by atoms with Crippen LogP contribution in [0.3, 0.4) is 0 Å². The van der Waals surface area contributed by atoms with Gasteiger partial charge in [0.1, 0.15) is 0 Å². The van der Waals surface area contributed by atoms with E-state index in [0.717, 1.165) is 25.6 Å². The van der Waals surface area contributed by atoms with Gasteiger partial charge in [-0.3, -0.25) is 9.89 Å². The molecule has 3 rings (SSSR count). The number of hydrogen-bond acceptors (Lipinski definition) is 4. The van der Waals surface area contributed by atoms with Gasteiger partial charge in [0.2, 0.25) is 0 Å². The van der Waals surface area contributed by atoms with Gasteiger partial charge in [0.25, 0.3) is 0 Å². The number of likely N-dealkylation sites (tertiary alicyclic amines) is 2. The van der Waals surface area contributed by atoms with Crippen LogP contribution in [0.4, 0.5) is 0 Å². The van der Waals surface area contributed by atoms with E-state index in [1.54, 1.807) is 0 Å². The maximum atomic E-state index is 6.32.